The predicted molar refractivity (Wildman–Crippen MR) is 119 cm³/mol. The summed E-state index contributed by atoms with van der Waals surface area (Å²) in [6.07, 6.45) is 0.0603. The Morgan fingerprint density at radius 2 is 1.35 bits per heavy atom. The van der Waals surface area contributed by atoms with Crippen molar-refractivity contribution < 1.29 is 19.4 Å². The Labute approximate surface area is 181 Å². The van der Waals surface area contributed by atoms with E-state index in [2.05, 4.69) is 24.3 Å². The number of fused-ring (bicyclic) bond motifs is 3. The molecule has 5 rings (SSSR count). The highest BCUT2D eigenvalue weighted by atomic mass is 16.6. The van der Waals surface area contributed by atoms with Gasteiger partial charge in [0, 0.05) is 19.0 Å². The molecule has 5 nitrogen and oxygen atoms in total. The number of hydrogen-bond acceptors (Lipinski definition) is 3. The van der Waals surface area contributed by atoms with Crippen molar-refractivity contribution >= 4 is 12.1 Å². The summed E-state index contributed by atoms with van der Waals surface area (Å²) in [6.45, 7) is 0.931. The number of benzene rings is 3. The number of likely N-dealkylation sites (tertiary alicyclic amines) is 1. The molecule has 1 fully saturated rings. The molecule has 1 atom stereocenters. The van der Waals surface area contributed by atoms with Crippen LogP contribution in [0.25, 0.3) is 11.1 Å². The minimum absolute atomic E-state index is 0.0224. The zero-order chi connectivity index (χ0) is 21.6. The number of carboxylic acids is 1. The van der Waals surface area contributed by atoms with Crippen LogP contribution >= 0.6 is 0 Å². The number of nitrogens with zero attached hydrogens (tertiary/aromatic N) is 1. The summed E-state index contributed by atoms with van der Waals surface area (Å²) in [7, 11) is 0. The van der Waals surface area contributed by atoms with Crippen molar-refractivity contribution in [1.29, 1.82) is 0 Å². The Balaban J connectivity index is 0.000000334. The normalized spacial score (nSPS) is 16.6. The predicted octanol–water partition coefficient (Wildman–Crippen LogP) is 5.03. The van der Waals surface area contributed by atoms with E-state index in [1.54, 1.807) is 0 Å². The molecule has 1 aliphatic carbocycles. The number of ether oxygens (including phenoxy) is 1. The number of carbonyl (C=O) groups excluding carboxylic acids is 1. The SMILES string of the molecule is O=C(O)C1CCN(C(=O)OCC2c3ccccc3-c3ccccc32)C1.c1ccccc1. The average Bonchev–Trinajstić information content (AvgIpc) is 3.43. The lowest BCUT2D eigenvalue weighted by atomic mass is 9.98. The maximum atomic E-state index is 12.3. The van der Waals surface area contributed by atoms with Gasteiger partial charge in [0.25, 0.3) is 0 Å². The van der Waals surface area contributed by atoms with Crippen molar-refractivity contribution in [3.63, 3.8) is 0 Å². The quantitative estimate of drug-likeness (QED) is 0.652. The number of hydrogen-bond donors (Lipinski definition) is 1. The van der Waals surface area contributed by atoms with Crippen LogP contribution in [0.15, 0.2) is 84.9 Å². The van der Waals surface area contributed by atoms with Crippen LogP contribution in [0.2, 0.25) is 0 Å². The third-order valence-corrected chi connectivity index (χ3v) is 5.80. The number of carboxylic acid groups (broad SMARTS) is 1. The molecule has 1 N–H and O–H groups in total. The Bertz CT molecular complexity index is 978. The van der Waals surface area contributed by atoms with Crippen LogP contribution in [0.3, 0.4) is 0 Å². The highest BCUT2D eigenvalue weighted by molar-refractivity contribution is 5.79. The van der Waals surface area contributed by atoms with E-state index in [4.69, 9.17) is 9.84 Å². The number of aliphatic carboxylic acids is 1. The smallest absolute Gasteiger partial charge is 0.409 e. The fourth-order valence-electron chi connectivity index (χ4n) is 4.20. The molecule has 2 aliphatic rings. The fourth-order valence-corrected chi connectivity index (χ4v) is 4.20. The lowest BCUT2D eigenvalue weighted by molar-refractivity contribution is -0.141. The van der Waals surface area contributed by atoms with E-state index in [1.807, 2.05) is 60.7 Å². The molecule has 1 saturated heterocycles. The first-order valence-electron chi connectivity index (χ1n) is 10.5. The lowest BCUT2D eigenvalue weighted by Gasteiger charge is -2.19. The van der Waals surface area contributed by atoms with E-state index >= 15 is 0 Å². The van der Waals surface area contributed by atoms with Gasteiger partial charge in [-0.1, -0.05) is 84.9 Å². The van der Waals surface area contributed by atoms with Gasteiger partial charge in [-0.05, 0) is 28.7 Å². The first-order valence-corrected chi connectivity index (χ1v) is 10.5. The van der Waals surface area contributed by atoms with Crippen LogP contribution in [-0.2, 0) is 9.53 Å². The standard InChI is InChI=1S/C20H19NO4.C6H6/c22-19(23)13-9-10-21(11-13)20(24)25-12-18-16-7-3-1-5-14(16)15-6-2-4-8-17(15)18;1-2-4-6-5-3-1/h1-8,13,18H,9-12H2,(H,22,23);1-6H. The van der Waals surface area contributed by atoms with Crippen LogP contribution in [0, 0.1) is 5.92 Å². The molecule has 158 valence electrons. The van der Waals surface area contributed by atoms with E-state index in [0.29, 0.717) is 13.0 Å². The maximum absolute atomic E-state index is 12.3. The van der Waals surface area contributed by atoms with Crippen LogP contribution in [0.1, 0.15) is 23.5 Å². The lowest BCUT2D eigenvalue weighted by Crippen LogP contribution is -2.31. The average molecular weight is 415 g/mol. The zero-order valence-corrected chi connectivity index (χ0v) is 17.2. The molecule has 0 bridgehead atoms. The van der Waals surface area contributed by atoms with Crippen molar-refractivity contribution in [2.45, 2.75) is 12.3 Å². The summed E-state index contributed by atoms with van der Waals surface area (Å²) in [4.78, 5) is 24.8. The van der Waals surface area contributed by atoms with Crippen molar-refractivity contribution in [3.8, 4) is 11.1 Å². The van der Waals surface area contributed by atoms with E-state index in [0.717, 1.165) is 0 Å². The summed E-state index contributed by atoms with van der Waals surface area (Å²) >= 11 is 0. The molecule has 0 saturated carbocycles. The minimum atomic E-state index is -0.853. The molecule has 1 aliphatic heterocycles. The molecule has 1 heterocycles. The Morgan fingerprint density at radius 1 is 0.839 bits per heavy atom. The summed E-state index contributed by atoms with van der Waals surface area (Å²) in [5.74, 6) is -1.32. The summed E-state index contributed by atoms with van der Waals surface area (Å²) < 4.78 is 5.55. The second kappa shape index (κ2) is 9.47. The number of rotatable bonds is 3. The molecule has 0 aromatic heterocycles. The van der Waals surface area contributed by atoms with Gasteiger partial charge in [-0.3, -0.25) is 4.79 Å². The van der Waals surface area contributed by atoms with Gasteiger partial charge in [0.1, 0.15) is 6.61 Å². The monoisotopic (exact) mass is 415 g/mol. The minimum Gasteiger partial charge on any atom is -0.481 e. The van der Waals surface area contributed by atoms with E-state index in [-0.39, 0.29) is 19.1 Å². The van der Waals surface area contributed by atoms with Gasteiger partial charge in [-0.15, -0.1) is 0 Å². The first-order chi connectivity index (χ1) is 15.1. The van der Waals surface area contributed by atoms with E-state index < -0.39 is 18.0 Å². The molecule has 31 heavy (non-hydrogen) atoms. The summed E-state index contributed by atoms with van der Waals surface area (Å²) in [5, 5.41) is 9.06. The summed E-state index contributed by atoms with van der Waals surface area (Å²) in [6, 6.07) is 28.4. The molecular formula is C26H25NO4. The van der Waals surface area contributed by atoms with Gasteiger partial charge >= 0.3 is 12.1 Å². The number of carbonyl (C=O) groups is 2. The van der Waals surface area contributed by atoms with Gasteiger partial charge in [0.15, 0.2) is 0 Å². The molecule has 1 unspecified atom stereocenters. The van der Waals surface area contributed by atoms with Crippen molar-refractivity contribution in [3.05, 3.63) is 96.1 Å². The Hall–Kier alpha value is -3.60. The first kappa shape index (κ1) is 20.7. The Morgan fingerprint density at radius 3 is 1.84 bits per heavy atom. The van der Waals surface area contributed by atoms with Gasteiger partial charge in [-0.2, -0.15) is 0 Å². The molecule has 3 aromatic carbocycles. The zero-order valence-electron chi connectivity index (χ0n) is 17.2. The van der Waals surface area contributed by atoms with Crippen LogP contribution in [0.5, 0.6) is 0 Å². The third-order valence-electron chi connectivity index (χ3n) is 5.80. The largest absolute Gasteiger partial charge is 0.481 e. The molecular weight excluding hydrogens is 390 g/mol. The second-order valence-corrected chi connectivity index (χ2v) is 7.73. The van der Waals surface area contributed by atoms with Crippen molar-refractivity contribution in [2.24, 2.45) is 5.92 Å². The topological polar surface area (TPSA) is 66.8 Å². The Kier molecular flexibility index (Phi) is 6.32. The van der Waals surface area contributed by atoms with E-state index in [9.17, 15) is 9.59 Å². The highest BCUT2D eigenvalue weighted by Crippen LogP contribution is 2.44. The van der Waals surface area contributed by atoms with Gasteiger partial charge in [-0.25, -0.2) is 4.79 Å². The molecule has 0 radical (unpaired) electrons. The second-order valence-electron chi connectivity index (χ2n) is 7.73. The molecule has 0 spiro atoms. The van der Waals surface area contributed by atoms with Crippen LogP contribution in [0.4, 0.5) is 4.79 Å². The van der Waals surface area contributed by atoms with Gasteiger partial charge < -0.3 is 14.7 Å². The van der Waals surface area contributed by atoms with Crippen LogP contribution < -0.4 is 0 Å². The molecule has 3 aromatic rings. The van der Waals surface area contributed by atoms with Gasteiger partial charge in [0.05, 0.1) is 5.92 Å². The third kappa shape index (κ3) is 4.61. The summed E-state index contributed by atoms with van der Waals surface area (Å²) in [5.41, 5.74) is 4.71. The highest BCUT2D eigenvalue weighted by Gasteiger charge is 2.33. The van der Waals surface area contributed by atoms with Crippen LogP contribution in [-0.4, -0.2) is 41.8 Å². The van der Waals surface area contributed by atoms with Crippen molar-refractivity contribution in [1.82, 2.24) is 4.90 Å². The molecule has 5 heteroatoms. The van der Waals surface area contributed by atoms with E-state index in [1.165, 1.54) is 27.2 Å². The number of amides is 1. The van der Waals surface area contributed by atoms with Gasteiger partial charge in [0.2, 0.25) is 0 Å². The maximum Gasteiger partial charge on any atom is 0.409 e. The fraction of sp³-hybridized carbons (Fsp3) is 0.231. The van der Waals surface area contributed by atoms with Crippen molar-refractivity contribution in [2.75, 3.05) is 19.7 Å². The molecule has 1 amide bonds.